The molecule has 31 heavy (non-hydrogen) atoms. The minimum atomic E-state index is -0.397. The van der Waals surface area contributed by atoms with Crippen molar-refractivity contribution >= 4 is 29.5 Å². The van der Waals surface area contributed by atoms with E-state index in [9.17, 15) is 9.59 Å². The Kier molecular flexibility index (Phi) is 9.83. The minimum absolute atomic E-state index is 0.197. The Morgan fingerprint density at radius 3 is 2.45 bits per heavy atom. The van der Waals surface area contributed by atoms with Gasteiger partial charge in [0.2, 0.25) is 5.91 Å². The van der Waals surface area contributed by atoms with Crippen LogP contribution in [0, 0.1) is 0 Å². The number of rotatable bonds is 6. The van der Waals surface area contributed by atoms with Crippen LogP contribution in [-0.2, 0) is 16.1 Å². The number of benzene rings is 2. The first kappa shape index (κ1) is 23.2. The van der Waals surface area contributed by atoms with Crippen molar-refractivity contribution in [3.05, 3.63) is 96.3 Å². The number of anilines is 2. The Hall–Kier alpha value is -4.13. The largest absolute Gasteiger partial charge is 0.445 e. The van der Waals surface area contributed by atoms with Crippen molar-refractivity contribution in [2.45, 2.75) is 13.5 Å². The number of nitrogens with one attached hydrogen (secondary N) is 2. The zero-order chi connectivity index (χ0) is 22.3. The number of hydrogen-bond acceptors (Lipinski definition) is 5. The van der Waals surface area contributed by atoms with E-state index in [4.69, 9.17) is 10.5 Å². The number of carbonyl (C=O) groups excluding carboxylic acids is 2. The van der Waals surface area contributed by atoms with Gasteiger partial charge in [0.15, 0.2) is 0 Å². The fourth-order valence-electron chi connectivity index (χ4n) is 2.35. The lowest BCUT2D eigenvalue weighted by molar-refractivity contribution is -0.111. The van der Waals surface area contributed by atoms with Crippen LogP contribution in [-0.4, -0.2) is 23.5 Å². The zero-order valence-corrected chi connectivity index (χ0v) is 17.3. The lowest BCUT2D eigenvalue weighted by atomic mass is 10.2. The maximum Gasteiger partial charge on any atom is 0.407 e. The van der Waals surface area contributed by atoms with Crippen LogP contribution in [0.3, 0.4) is 0 Å². The Bertz CT molecular complexity index is 976. The first-order valence-electron chi connectivity index (χ1n) is 9.76. The van der Waals surface area contributed by atoms with E-state index in [1.54, 1.807) is 36.7 Å². The number of aromatic nitrogens is 1. The highest BCUT2D eigenvalue weighted by atomic mass is 16.5. The van der Waals surface area contributed by atoms with Crippen molar-refractivity contribution in [3.8, 4) is 0 Å². The molecular formula is C24H26N4O3. The van der Waals surface area contributed by atoms with Crippen LogP contribution in [0.1, 0.15) is 18.1 Å². The van der Waals surface area contributed by atoms with Crippen LogP contribution < -0.4 is 16.4 Å². The van der Waals surface area contributed by atoms with Gasteiger partial charge in [-0.05, 0) is 36.8 Å². The summed E-state index contributed by atoms with van der Waals surface area (Å²) in [7, 11) is 0. The molecule has 7 heteroatoms. The Morgan fingerprint density at radius 2 is 1.77 bits per heavy atom. The monoisotopic (exact) mass is 418 g/mol. The molecule has 0 radical (unpaired) electrons. The Balaban J connectivity index is 0.000000233. The molecule has 1 aromatic heterocycles. The van der Waals surface area contributed by atoms with Crippen LogP contribution in [0.4, 0.5) is 16.2 Å². The number of nitrogens with two attached hydrogens (primary N) is 1. The topological polar surface area (TPSA) is 106 Å². The van der Waals surface area contributed by atoms with Crippen molar-refractivity contribution in [2.75, 3.05) is 17.6 Å². The maximum absolute atomic E-state index is 11.7. The average molecular weight is 418 g/mol. The third-order valence-corrected chi connectivity index (χ3v) is 3.86. The van der Waals surface area contributed by atoms with E-state index in [0.29, 0.717) is 17.9 Å². The molecule has 4 N–H and O–H groups in total. The smallest absolute Gasteiger partial charge is 0.407 e. The Labute approximate surface area is 182 Å². The molecule has 0 aliphatic carbocycles. The van der Waals surface area contributed by atoms with E-state index >= 15 is 0 Å². The van der Waals surface area contributed by atoms with Crippen LogP contribution in [0.5, 0.6) is 0 Å². The van der Waals surface area contributed by atoms with Crippen LogP contribution in [0.15, 0.2) is 85.2 Å². The number of para-hydroxylation sites is 2. The first-order valence-corrected chi connectivity index (χ1v) is 9.76. The standard InChI is InChI=1S/C15H14N2O.C9H12N2O2/c16-13-8-4-5-9-14(13)17-15(18)11-10-12-6-2-1-3-7-12;1-2-11-9(12)13-7-8-4-3-5-10-6-8/h1-11H,16H2,(H,17,18);3-6H,2,7H2,1H3,(H,11,12)/b11-10+;. The number of hydrogen-bond donors (Lipinski definition) is 3. The lowest BCUT2D eigenvalue weighted by Crippen LogP contribution is -2.23. The number of nitrogens with zero attached hydrogens (tertiary/aromatic N) is 1. The van der Waals surface area contributed by atoms with E-state index < -0.39 is 6.09 Å². The highest BCUT2D eigenvalue weighted by molar-refractivity contribution is 6.03. The second-order valence-electron chi connectivity index (χ2n) is 6.29. The van der Waals surface area contributed by atoms with Gasteiger partial charge in [0, 0.05) is 30.6 Å². The summed E-state index contributed by atoms with van der Waals surface area (Å²) < 4.78 is 4.88. The molecule has 7 nitrogen and oxygen atoms in total. The number of ether oxygens (including phenoxy) is 1. The zero-order valence-electron chi connectivity index (χ0n) is 17.3. The summed E-state index contributed by atoms with van der Waals surface area (Å²) >= 11 is 0. The van der Waals surface area contributed by atoms with E-state index in [1.807, 2.05) is 55.5 Å². The minimum Gasteiger partial charge on any atom is -0.445 e. The summed E-state index contributed by atoms with van der Waals surface area (Å²) in [5.74, 6) is -0.197. The SMILES string of the molecule is CCNC(=O)OCc1cccnc1.Nc1ccccc1NC(=O)/C=C/c1ccccc1. The van der Waals surface area contributed by atoms with Crippen molar-refractivity contribution in [2.24, 2.45) is 0 Å². The molecule has 0 unspecified atom stereocenters. The third kappa shape index (κ3) is 9.27. The number of nitrogen functional groups attached to an aromatic ring is 1. The molecule has 0 aliphatic heterocycles. The molecule has 2 amide bonds. The number of alkyl carbamates (subject to hydrolysis) is 1. The lowest BCUT2D eigenvalue weighted by Gasteiger charge is -2.04. The summed E-state index contributed by atoms with van der Waals surface area (Å²) in [5, 5.41) is 5.26. The van der Waals surface area contributed by atoms with E-state index in [2.05, 4.69) is 15.6 Å². The van der Waals surface area contributed by atoms with E-state index in [-0.39, 0.29) is 12.5 Å². The van der Waals surface area contributed by atoms with Gasteiger partial charge in [-0.2, -0.15) is 0 Å². The van der Waals surface area contributed by atoms with Gasteiger partial charge in [-0.1, -0.05) is 48.5 Å². The number of pyridine rings is 1. The second-order valence-corrected chi connectivity index (χ2v) is 6.29. The summed E-state index contributed by atoms with van der Waals surface area (Å²) in [5.41, 5.74) is 8.78. The molecule has 0 atom stereocenters. The summed E-state index contributed by atoms with van der Waals surface area (Å²) in [6, 6.07) is 20.5. The second kappa shape index (κ2) is 13.2. The molecule has 160 valence electrons. The van der Waals surface area contributed by atoms with Gasteiger partial charge < -0.3 is 21.1 Å². The quantitative estimate of drug-likeness (QED) is 0.410. The summed E-state index contributed by atoms with van der Waals surface area (Å²) in [6.45, 7) is 2.68. The van der Waals surface area contributed by atoms with Crippen molar-refractivity contribution in [3.63, 3.8) is 0 Å². The predicted molar refractivity (Wildman–Crippen MR) is 123 cm³/mol. The normalized spacial score (nSPS) is 9.97. The number of amides is 2. The fourth-order valence-corrected chi connectivity index (χ4v) is 2.35. The van der Waals surface area contributed by atoms with Crippen LogP contribution in [0.25, 0.3) is 6.08 Å². The molecule has 1 heterocycles. The van der Waals surface area contributed by atoms with Gasteiger partial charge in [0.1, 0.15) is 6.61 Å². The van der Waals surface area contributed by atoms with Gasteiger partial charge in [0.25, 0.3) is 0 Å². The molecule has 0 saturated heterocycles. The molecule has 0 aliphatic rings. The van der Waals surface area contributed by atoms with Gasteiger partial charge in [-0.3, -0.25) is 9.78 Å². The van der Waals surface area contributed by atoms with Gasteiger partial charge >= 0.3 is 6.09 Å². The van der Waals surface area contributed by atoms with Gasteiger partial charge in [0.05, 0.1) is 11.4 Å². The van der Waals surface area contributed by atoms with Crippen LogP contribution >= 0.6 is 0 Å². The van der Waals surface area contributed by atoms with Crippen LogP contribution in [0.2, 0.25) is 0 Å². The Morgan fingerprint density at radius 1 is 1.03 bits per heavy atom. The molecule has 0 spiro atoms. The molecule has 3 rings (SSSR count). The van der Waals surface area contributed by atoms with E-state index in [1.165, 1.54) is 6.08 Å². The average Bonchev–Trinajstić information content (AvgIpc) is 2.80. The molecule has 3 aromatic rings. The van der Waals surface area contributed by atoms with Crippen molar-refractivity contribution in [1.82, 2.24) is 10.3 Å². The predicted octanol–water partition coefficient (Wildman–Crippen LogP) is 4.25. The van der Waals surface area contributed by atoms with Gasteiger partial charge in [-0.15, -0.1) is 0 Å². The first-order chi connectivity index (χ1) is 15.1. The molecule has 2 aromatic carbocycles. The molecule has 0 saturated carbocycles. The van der Waals surface area contributed by atoms with Gasteiger partial charge in [-0.25, -0.2) is 4.79 Å². The highest BCUT2D eigenvalue weighted by Crippen LogP contribution is 2.16. The van der Waals surface area contributed by atoms with Crippen molar-refractivity contribution < 1.29 is 14.3 Å². The molecule has 0 fully saturated rings. The third-order valence-electron chi connectivity index (χ3n) is 3.86. The number of carbonyl (C=O) groups is 2. The summed E-state index contributed by atoms with van der Waals surface area (Å²) in [4.78, 5) is 26.4. The van der Waals surface area contributed by atoms with Crippen molar-refractivity contribution in [1.29, 1.82) is 0 Å². The fraction of sp³-hybridized carbons (Fsp3) is 0.125. The van der Waals surface area contributed by atoms with E-state index in [0.717, 1.165) is 11.1 Å². The molecule has 0 bridgehead atoms. The summed E-state index contributed by atoms with van der Waals surface area (Å²) in [6.07, 6.45) is 6.19. The molecular weight excluding hydrogens is 392 g/mol. The maximum atomic E-state index is 11.7. The highest BCUT2D eigenvalue weighted by Gasteiger charge is 2.01.